The number of ketones is 1. The topological polar surface area (TPSA) is 70.1 Å². The molecule has 1 aromatic heterocycles. The highest BCUT2D eigenvalue weighted by Crippen LogP contribution is 2.25. The van der Waals surface area contributed by atoms with Crippen LogP contribution >= 0.6 is 11.6 Å². The molecule has 0 unspecified atom stereocenters. The Morgan fingerprint density at radius 1 is 1.53 bits per heavy atom. The summed E-state index contributed by atoms with van der Waals surface area (Å²) in [7, 11) is 1.50. The van der Waals surface area contributed by atoms with Crippen LogP contribution in [0.5, 0.6) is 5.75 Å². The standard InChI is InChI=1S/C13H14ClN3O2/c1-3-17-12(11(19-2)7-16-17)13(18)8-4-5-10(15)9(14)6-8/h4-7H,3,15H2,1-2H3. The number of hydrogen-bond donors (Lipinski definition) is 1. The molecule has 2 rings (SSSR count). The summed E-state index contributed by atoms with van der Waals surface area (Å²) in [6.07, 6.45) is 1.52. The Labute approximate surface area is 115 Å². The Balaban J connectivity index is 2.49. The van der Waals surface area contributed by atoms with Crippen molar-refractivity contribution in [3.8, 4) is 5.75 Å². The SMILES string of the molecule is CCn1ncc(OC)c1C(=O)c1ccc(N)c(Cl)c1. The van der Waals surface area contributed by atoms with Crippen LogP contribution in [0.3, 0.4) is 0 Å². The molecule has 2 aromatic rings. The van der Waals surface area contributed by atoms with E-state index in [9.17, 15) is 4.79 Å². The molecule has 100 valence electrons. The van der Waals surface area contributed by atoms with Gasteiger partial charge in [0, 0.05) is 12.1 Å². The van der Waals surface area contributed by atoms with Crippen molar-refractivity contribution in [2.45, 2.75) is 13.5 Å². The van der Waals surface area contributed by atoms with Gasteiger partial charge in [-0.2, -0.15) is 5.10 Å². The molecule has 0 aliphatic heterocycles. The van der Waals surface area contributed by atoms with Gasteiger partial charge in [-0.1, -0.05) is 11.6 Å². The first kappa shape index (κ1) is 13.4. The number of nitrogens with two attached hydrogens (primary N) is 1. The summed E-state index contributed by atoms with van der Waals surface area (Å²) in [6.45, 7) is 2.48. The lowest BCUT2D eigenvalue weighted by atomic mass is 10.1. The van der Waals surface area contributed by atoms with E-state index in [-0.39, 0.29) is 5.78 Å². The van der Waals surface area contributed by atoms with Crippen molar-refractivity contribution >= 4 is 23.1 Å². The van der Waals surface area contributed by atoms with Crippen molar-refractivity contribution in [1.82, 2.24) is 9.78 Å². The summed E-state index contributed by atoms with van der Waals surface area (Å²) in [5, 5.41) is 4.46. The van der Waals surface area contributed by atoms with Gasteiger partial charge in [-0.05, 0) is 25.1 Å². The zero-order chi connectivity index (χ0) is 14.0. The molecular formula is C13H14ClN3O2. The predicted octanol–water partition coefficient (Wildman–Crippen LogP) is 2.38. The van der Waals surface area contributed by atoms with Crippen LogP contribution in [0.1, 0.15) is 23.0 Å². The van der Waals surface area contributed by atoms with Crippen LogP contribution in [-0.2, 0) is 6.54 Å². The van der Waals surface area contributed by atoms with E-state index in [0.717, 1.165) is 0 Å². The third-order valence-electron chi connectivity index (χ3n) is 2.80. The molecule has 0 radical (unpaired) electrons. The number of methoxy groups -OCH3 is 1. The Morgan fingerprint density at radius 2 is 2.26 bits per heavy atom. The molecule has 2 N–H and O–H groups in total. The van der Waals surface area contributed by atoms with Crippen LogP contribution in [0.15, 0.2) is 24.4 Å². The number of ether oxygens (including phenoxy) is 1. The highest BCUT2D eigenvalue weighted by Gasteiger charge is 2.20. The lowest BCUT2D eigenvalue weighted by Gasteiger charge is -2.07. The van der Waals surface area contributed by atoms with E-state index in [1.54, 1.807) is 22.9 Å². The van der Waals surface area contributed by atoms with Gasteiger partial charge in [-0.25, -0.2) is 0 Å². The number of anilines is 1. The van der Waals surface area contributed by atoms with Crippen molar-refractivity contribution in [3.05, 3.63) is 40.7 Å². The van der Waals surface area contributed by atoms with E-state index < -0.39 is 0 Å². The van der Waals surface area contributed by atoms with Crippen LogP contribution < -0.4 is 10.5 Å². The maximum atomic E-state index is 12.5. The second-order valence-electron chi connectivity index (χ2n) is 3.94. The molecule has 1 heterocycles. The minimum absolute atomic E-state index is 0.196. The minimum Gasteiger partial charge on any atom is -0.493 e. The summed E-state index contributed by atoms with van der Waals surface area (Å²) >= 11 is 5.94. The Bertz CT molecular complexity index is 601. The molecule has 0 atom stereocenters. The number of nitrogens with zero attached hydrogens (tertiary/aromatic N) is 2. The molecule has 19 heavy (non-hydrogen) atoms. The van der Waals surface area contributed by atoms with Gasteiger partial charge in [0.2, 0.25) is 5.78 Å². The number of aromatic nitrogens is 2. The molecule has 0 saturated carbocycles. The van der Waals surface area contributed by atoms with Gasteiger partial charge < -0.3 is 10.5 Å². The second kappa shape index (κ2) is 5.32. The first-order chi connectivity index (χ1) is 9.08. The molecule has 0 aliphatic carbocycles. The van der Waals surface area contributed by atoms with Crippen molar-refractivity contribution < 1.29 is 9.53 Å². The number of aryl methyl sites for hydroxylation is 1. The van der Waals surface area contributed by atoms with E-state index in [1.165, 1.54) is 13.3 Å². The molecule has 0 saturated heterocycles. The maximum absolute atomic E-state index is 12.5. The van der Waals surface area contributed by atoms with Crippen LogP contribution in [0.25, 0.3) is 0 Å². The van der Waals surface area contributed by atoms with Crippen molar-refractivity contribution in [1.29, 1.82) is 0 Å². The van der Waals surface area contributed by atoms with E-state index >= 15 is 0 Å². The van der Waals surface area contributed by atoms with Gasteiger partial charge in [0.15, 0.2) is 11.4 Å². The fraction of sp³-hybridized carbons (Fsp3) is 0.231. The van der Waals surface area contributed by atoms with Crippen LogP contribution in [-0.4, -0.2) is 22.7 Å². The number of rotatable bonds is 4. The summed E-state index contributed by atoms with van der Waals surface area (Å²) in [5.41, 5.74) is 6.93. The first-order valence-corrected chi connectivity index (χ1v) is 6.15. The average molecular weight is 280 g/mol. The van der Waals surface area contributed by atoms with Gasteiger partial charge in [0.1, 0.15) is 0 Å². The van der Waals surface area contributed by atoms with Crippen molar-refractivity contribution in [3.63, 3.8) is 0 Å². The number of carbonyl (C=O) groups excluding carboxylic acids is 1. The molecule has 0 bridgehead atoms. The number of hydrogen-bond acceptors (Lipinski definition) is 4. The van der Waals surface area contributed by atoms with Crippen molar-refractivity contribution in [2.75, 3.05) is 12.8 Å². The van der Waals surface area contributed by atoms with E-state index in [4.69, 9.17) is 22.1 Å². The number of nitrogen functional groups attached to an aromatic ring is 1. The Hall–Kier alpha value is -2.01. The van der Waals surface area contributed by atoms with Gasteiger partial charge in [0.25, 0.3) is 0 Å². The summed E-state index contributed by atoms with van der Waals surface area (Å²) in [6, 6.07) is 4.79. The van der Waals surface area contributed by atoms with Crippen LogP contribution in [0.2, 0.25) is 5.02 Å². The summed E-state index contributed by atoms with van der Waals surface area (Å²) in [4.78, 5) is 12.5. The fourth-order valence-electron chi connectivity index (χ4n) is 1.79. The molecule has 6 heteroatoms. The minimum atomic E-state index is -0.196. The predicted molar refractivity (Wildman–Crippen MR) is 73.7 cm³/mol. The normalized spacial score (nSPS) is 10.5. The molecular weight excluding hydrogens is 266 g/mol. The maximum Gasteiger partial charge on any atom is 0.214 e. The highest BCUT2D eigenvalue weighted by molar-refractivity contribution is 6.33. The average Bonchev–Trinajstić information content (AvgIpc) is 2.83. The largest absolute Gasteiger partial charge is 0.493 e. The number of carbonyl (C=O) groups is 1. The molecule has 0 aliphatic rings. The monoisotopic (exact) mass is 279 g/mol. The van der Waals surface area contributed by atoms with Crippen molar-refractivity contribution in [2.24, 2.45) is 0 Å². The van der Waals surface area contributed by atoms with E-state index in [0.29, 0.717) is 34.3 Å². The smallest absolute Gasteiger partial charge is 0.214 e. The zero-order valence-electron chi connectivity index (χ0n) is 10.7. The van der Waals surface area contributed by atoms with Gasteiger partial charge in [-0.3, -0.25) is 9.48 Å². The first-order valence-electron chi connectivity index (χ1n) is 5.78. The highest BCUT2D eigenvalue weighted by atomic mass is 35.5. The molecule has 0 fully saturated rings. The quantitative estimate of drug-likeness (QED) is 0.689. The fourth-order valence-corrected chi connectivity index (χ4v) is 1.97. The molecule has 1 aromatic carbocycles. The third-order valence-corrected chi connectivity index (χ3v) is 3.13. The third kappa shape index (κ3) is 2.42. The van der Waals surface area contributed by atoms with Crippen LogP contribution in [0, 0.1) is 0 Å². The van der Waals surface area contributed by atoms with Crippen LogP contribution in [0.4, 0.5) is 5.69 Å². The van der Waals surface area contributed by atoms with Gasteiger partial charge >= 0.3 is 0 Å². The lowest BCUT2D eigenvalue weighted by Crippen LogP contribution is -2.12. The summed E-state index contributed by atoms with van der Waals surface area (Å²) in [5.74, 6) is 0.248. The van der Waals surface area contributed by atoms with Gasteiger partial charge in [-0.15, -0.1) is 0 Å². The zero-order valence-corrected chi connectivity index (χ0v) is 11.4. The summed E-state index contributed by atoms with van der Waals surface area (Å²) < 4.78 is 6.75. The molecule has 0 amide bonds. The Kier molecular flexibility index (Phi) is 3.76. The van der Waals surface area contributed by atoms with Gasteiger partial charge in [0.05, 0.1) is 24.0 Å². The molecule has 5 nitrogen and oxygen atoms in total. The number of benzene rings is 1. The van der Waals surface area contributed by atoms with E-state index in [2.05, 4.69) is 5.10 Å². The molecule has 0 spiro atoms. The second-order valence-corrected chi connectivity index (χ2v) is 4.35. The lowest BCUT2D eigenvalue weighted by molar-refractivity contribution is 0.102. The Morgan fingerprint density at radius 3 is 2.84 bits per heavy atom. The number of halogens is 1. The van der Waals surface area contributed by atoms with E-state index in [1.807, 2.05) is 6.92 Å².